The van der Waals surface area contributed by atoms with Gasteiger partial charge in [-0.2, -0.15) is 0 Å². The molecule has 3 rings (SSSR count). The number of aromatic amines is 1. The van der Waals surface area contributed by atoms with Crippen LogP contribution in [-0.2, 0) is 11.2 Å². The zero-order valence-electron chi connectivity index (χ0n) is 13.5. The molecule has 0 saturated carbocycles. The van der Waals surface area contributed by atoms with Gasteiger partial charge < -0.3 is 9.72 Å². The Labute approximate surface area is 134 Å². The van der Waals surface area contributed by atoms with E-state index in [0.717, 1.165) is 22.0 Å². The molecule has 0 bridgehead atoms. The lowest BCUT2D eigenvalue weighted by atomic mass is 10.0. The van der Waals surface area contributed by atoms with E-state index in [2.05, 4.69) is 15.8 Å². The molecule has 0 spiro atoms. The van der Waals surface area contributed by atoms with Crippen molar-refractivity contribution in [3.63, 3.8) is 0 Å². The third-order valence-corrected chi connectivity index (χ3v) is 3.76. The van der Waals surface area contributed by atoms with Crippen LogP contribution in [0.15, 0.2) is 24.4 Å². The average Bonchev–Trinajstić information content (AvgIpc) is 2.79. The van der Waals surface area contributed by atoms with Crippen LogP contribution in [0.25, 0.3) is 10.9 Å². The van der Waals surface area contributed by atoms with Gasteiger partial charge in [0, 0.05) is 35.1 Å². The third kappa shape index (κ3) is 3.37. The quantitative estimate of drug-likeness (QED) is 0.744. The minimum Gasteiger partial charge on any atom is -0.443 e. The number of carbonyl (C=O) groups is 2. The van der Waals surface area contributed by atoms with Gasteiger partial charge >= 0.3 is 6.09 Å². The maximum atomic E-state index is 12.5. The number of aromatic nitrogens is 1. The van der Waals surface area contributed by atoms with E-state index < -0.39 is 11.7 Å². The Morgan fingerprint density at radius 3 is 2.83 bits per heavy atom. The van der Waals surface area contributed by atoms with Gasteiger partial charge in [0.2, 0.25) is 0 Å². The average molecular weight is 315 g/mol. The summed E-state index contributed by atoms with van der Waals surface area (Å²) >= 11 is 0. The van der Waals surface area contributed by atoms with Crippen LogP contribution in [-0.4, -0.2) is 28.5 Å². The second kappa shape index (κ2) is 5.70. The maximum absolute atomic E-state index is 12.5. The number of hydrogen-bond donors (Lipinski definition) is 3. The molecule has 23 heavy (non-hydrogen) atoms. The van der Waals surface area contributed by atoms with Crippen LogP contribution >= 0.6 is 0 Å². The van der Waals surface area contributed by atoms with Crippen LogP contribution in [0.2, 0.25) is 0 Å². The summed E-state index contributed by atoms with van der Waals surface area (Å²) in [7, 11) is 0. The number of hydrazine groups is 1. The van der Waals surface area contributed by atoms with Crippen molar-refractivity contribution >= 4 is 22.8 Å². The highest BCUT2D eigenvalue weighted by Gasteiger charge is 2.25. The summed E-state index contributed by atoms with van der Waals surface area (Å²) < 4.78 is 5.19. The lowest BCUT2D eigenvalue weighted by Crippen LogP contribution is -2.47. The Morgan fingerprint density at radius 2 is 2.09 bits per heavy atom. The maximum Gasteiger partial charge on any atom is 0.422 e. The van der Waals surface area contributed by atoms with Crippen molar-refractivity contribution in [2.24, 2.45) is 0 Å². The van der Waals surface area contributed by atoms with Crippen LogP contribution in [0.5, 0.6) is 0 Å². The van der Waals surface area contributed by atoms with E-state index in [0.29, 0.717) is 12.8 Å². The Morgan fingerprint density at radius 1 is 1.30 bits per heavy atom. The molecule has 6 heteroatoms. The molecule has 1 amide bonds. The fourth-order valence-electron chi connectivity index (χ4n) is 2.89. The molecular weight excluding hydrogens is 294 g/mol. The zero-order chi connectivity index (χ0) is 16.6. The number of ether oxygens (including phenoxy) is 1. The molecular formula is C17H21N3O3. The predicted molar refractivity (Wildman–Crippen MR) is 87.2 cm³/mol. The lowest BCUT2D eigenvalue weighted by Gasteiger charge is -2.22. The number of rotatable bonds is 2. The zero-order valence-corrected chi connectivity index (χ0v) is 13.5. The Balaban J connectivity index is 1.73. The van der Waals surface area contributed by atoms with Gasteiger partial charge in [0.15, 0.2) is 5.78 Å². The summed E-state index contributed by atoms with van der Waals surface area (Å²) in [4.78, 5) is 27.4. The molecule has 0 aliphatic heterocycles. The van der Waals surface area contributed by atoms with Gasteiger partial charge in [0.05, 0.1) is 0 Å². The fourth-order valence-corrected chi connectivity index (χ4v) is 2.89. The van der Waals surface area contributed by atoms with Gasteiger partial charge in [0.1, 0.15) is 5.60 Å². The highest BCUT2D eigenvalue weighted by atomic mass is 16.6. The predicted octanol–water partition coefficient (Wildman–Crippen LogP) is 2.69. The topological polar surface area (TPSA) is 83.2 Å². The second-order valence-corrected chi connectivity index (χ2v) is 6.84. The summed E-state index contributed by atoms with van der Waals surface area (Å²) in [6.07, 6.45) is 2.35. The SMILES string of the molecule is CC(C)(C)OC(=O)NNC1CC(=O)c2cccc3[nH]cc(c23)C1. The van der Waals surface area contributed by atoms with Crippen molar-refractivity contribution < 1.29 is 14.3 Å². The molecule has 6 nitrogen and oxygen atoms in total. The molecule has 1 aromatic carbocycles. The van der Waals surface area contributed by atoms with Gasteiger partial charge in [-0.3, -0.25) is 10.2 Å². The van der Waals surface area contributed by atoms with Crippen molar-refractivity contribution in [2.45, 2.75) is 45.3 Å². The molecule has 0 saturated heterocycles. The van der Waals surface area contributed by atoms with Crippen LogP contribution in [0.4, 0.5) is 4.79 Å². The van der Waals surface area contributed by atoms with Crippen molar-refractivity contribution in [2.75, 3.05) is 0 Å². The minimum absolute atomic E-state index is 0.0671. The summed E-state index contributed by atoms with van der Waals surface area (Å²) in [5, 5.41) is 0.985. The van der Waals surface area contributed by atoms with Gasteiger partial charge in [-0.25, -0.2) is 10.2 Å². The fraction of sp³-hybridized carbons (Fsp3) is 0.412. The summed E-state index contributed by atoms with van der Waals surface area (Å²) in [6.45, 7) is 5.40. The number of amides is 1. The van der Waals surface area contributed by atoms with Crippen LogP contribution in [0.3, 0.4) is 0 Å². The van der Waals surface area contributed by atoms with Crippen LogP contribution in [0.1, 0.15) is 43.1 Å². The first-order valence-electron chi connectivity index (χ1n) is 7.70. The molecule has 3 N–H and O–H groups in total. The molecule has 1 heterocycles. The van der Waals surface area contributed by atoms with E-state index in [1.165, 1.54) is 0 Å². The van der Waals surface area contributed by atoms with Gasteiger partial charge in [-0.1, -0.05) is 12.1 Å². The van der Waals surface area contributed by atoms with E-state index in [9.17, 15) is 9.59 Å². The lowest BCUT2D eigenvalue weighted by molar-refractivity contribution is 0.0484. The normalized spacial score (nSPS) is 17.9. The molecule has 1 unspecified atom stereocenters. The monoisotopic (exact) mass is 315 g/mol. The molecule has 0 radical (unpaired) electrons. The highest BCUT2D eigenvalue weighted by molar-refractivity contribution is 6.09. The standard InChI is InChI=1S/C17H21N3O3/c1-17(2,3)23-16(22)20-19-11-7-10-9-18-13-6-4-5-12(15(10)13)14(21)8-11/h4-6,9,11,18-19H,7-8H2,1-3H3,(H,20,22). The van der Waals surface area contributed by atoms with Crippen LogP contribution < -0.4 is 10.9 Å². The first-order valence-corrected chi connectivity index (χ1v) is 7.70. The first kappa shape index (κ1) is 15.6. The van der Waals surface area contributed by atoms with Gasteiger partial charge in [0.25, 0.3) is 0 Å². The smallest absolute Gasteiger partial charge is 0.422 e. The van der Waals surface area contributed by atoms with Crippen molar-refractivity contribution in [3.8, 4) is 0 Å². The molecule has 0 fully saturated rings. The number of benzene rings is 1. The Hall–Kier alpha value is -2.34. The molecule has 2 aromatic rings. The molecule has 122 valence electrons. The van der Waals surface area contributed by atoms with Crippen molar-refractivity contribution in [3.05, 3.63) is 35.5 Å². The molecule has 1 aromatic heterocycles. The summed E-state index contributed by atoms with van der Waals surface area (Å²) in [5.74, 6) is 0.0671. The van der Waals surface area contributed by atoms with Gasteiger partial charge in [-0.15, -0.1) is 0 Å². The Kier molecular flexibility index (Phi) is 3.85. The van der Waals surface area contributed by atoms with Crippen molar-refractivity contribution in [1.29, 1.82) is 0 Å². The number of Topliss-reactive ketones (excluding diaryl/α,β-unsaturated/α-hetero) is 1. The first-order chi connectivity index (χ1) is 10.8. The second-order valence-electron chi connectivity index (χ2n) is 6.84. The molecule has 1 atom stereocenters. The minimum atomic E-state index is -0.561. The van der Waals surface area contributed by atoms with Gasteiger partial charge in [-0.05, 0) is 38.8 Å². The van der Waals surface area contributed by atoms with E-state index >= 15 is 0 Å². The number of hydrogen-bond acceptors (Lipinski definition) is 4. The number of H-pyrrole nitrogens is 1. The number of carbonyl (C=O) groups excluding carboxylic acids is 2. The number of ketones is 1. The molecule has 1 aliphatic carbocycles. The van der Waals surface area contributed by atoms with Crippen LogP contribution in [0, 0.1) is 0 Å². The molecule has 1 aliphatic rings. The summed E-state index contributed by atoms with van der Waals surface area (Å²) in [5.41, 5.74) is 7.67. The van der Waals surface area contributed by atoms with E-state index in [1.807, 2.05) is 24.4 Å². The largest absolute Gasteiger partial charge is 0.443 e. The van der Waals surface area contributed by atoms with E-state index in [-0.39, 0.29) is 11.8 Å². The van der Waals surface area contributed by atoms with Crippen molar-refractivity contribution in [1.82, 2.24) is 15.8 Å². The highest BCUT2D eigenvalue weighted by Crippen LogP contribution is 2.28. The third-order valence-electron chi connectivity index (χ3n) is 3.76. The van der Waals surface area contributed by atoms with E-state index in [1.54, 1.807) is 20.8 Å². The van der Waals surface area contributed by atoms with E-state index in [4.69, 9.17) is 4.74 Å². The summed E-state index contributed by atoms with van der Waals surface area (Å²) in [6, 6.07) is 5.51. The number of nitrogens with one attached hydrogen (secondary N) is 3. The Bertz CT molecular complexity index is 758.